The van der Waals surface area contributed by atoms with Crippen molar-refractivity contribution in [3.63, 3.8) is 0 Å². The molecule has 12 nitrogen and oxygen atoms in total. The van der Waals surface area contributed by atoms with E-state index in [-0.39, 0.29) is 32.3 Å². The summed E-state index contributed by atoms with van der Waals surface area (Å²) < 4.78 is 53.8. The van der Waals surface area contributed by atoms with Gasteiger partial charge in [-0.15, -0.1) is 13.5 Å². The summed E-state index contributed by atoms with van der Waals surface area (Å²) in [5.41, 5.74) is 19.1. The molecule has 0 amide bonds. The number of hydrogen-bond acceptors (Lipinski definition) is 12. The van der Waals surface area contributed by atoms with Crippen LogP contribution in [0.15, 0.2) is 68.1 Å². The average molecular weight is 740 g/mol. The van der Waals surface area contributed by atoms with Crippen molar-refractivity contribution >= 4 is 74.8 Å². The Hall–Kier alpha value is -2.10. The molecule has 0 unspecified atom stereocenters. The van der Waals surface area contributed by atoms with E-state index in [4.69, 9.17) is 92.7 Å². The Morgan fingerprint density at radius 1 is 0.489 bits per heavy atom. The highest BCUT2D eigenvalue weighted by molar-refractivity contribution is 7.78. The Morgan fingerprint density at radius 3 is 0.933 bits per heavy atom. The van der Waals surface area contributed by atoms with E-state index in [1.165, 1.54) is 18.2 Å². The highest BCUT2D eigenvalue weighted by atomic mass is 35.5. The van der Waals surface area contributed by atoms with Crippen molar-refractivity contribution in [1.29, 1.82) is 0 Å². The van der Waals surface area contributed by atoms with Gasteiger partial charge in [-0.1, -0.05) is 34.8 Å². The largest absolute Gasteiger partial charge is 0.420 e. The van der Waals surface area contributed by atoms with Gasteiger partial charge in [0.05, 0.1) is 33.4 Å². The van der Waals surface area contributed by atoms with Gasteiger partial charge >= 0.3 is 23.0 Å². The van der Waals surface area contributed by atoms with Gasteiger partial charge in [-0.2, -0.15) is 0 Å². The summed E-state index contributed by atoms with van der Waals surface area (Å²) in [7, 11) is -11.7. The summed E-state index contributed by atoms with van der Waals surface area (Å²) >= 11 is 19.7. The smallest absolute Gasteiger partial charge is 0.404 e. The molecule has 3 aromatic carbocycles. The molecule has 0 saturated heterocycles. The molecule has 4 rings (SSSR count). The van der Waals surface area contributed by atoms with Gasteiger partial charge in [-0.05, 0) is 96.1 Å². The zero-order valence-electron chi connectivity index (χ0n) is 25.4. The van der Waals surface area contributed by atoms with Crippen LogP contribution in [0.4, 0.5) is 17.1 Å². The number of halogens is 3. The lowest BCUT2D eigenvalue weighted by Gasteiger charge is -2.35. The Balaban J connectivity index is 2.12. The fraction of sp³-hybridized carbons (Fsp3) is 0.333. The summed E-state index contributed by atoms with van der Waals surface area (Å²) in [4.78, 5) is 0. The first kappa shape index (κ1) is 35.7. The minimum Gasteiger partial charge on any atom is -0.420 e. The van der Waals surface area contributed by atoms with Gasteiger partial charge in [0.25, 0.3) is 0 Å². The fourth-order valence-corrected chi connectivity index (χ4v) is 14.3. The molecule has 18 heteroatoms. The highest BCUT2D eigenvalue weighted by Crippen LogP contribution is 2.80. The van der Waals surface area contributed by atoms with Gasteiger partial charge in [0.2, 0.25) is 0 Å². The molecule has 0 spiro atoms. The van der Waals surface area contributed by atoms with Crippen molar-refractivity contribution in [3.05, 3.63) is 69.7 Å². The third-order valence-corrected chi connectivity index (χ3v) is 14.9. The van der Waals surface area contributed by atoms with Gasteiger partial charge in [-0.3, -0.25) is 13.6 Å². The van der Waals surface area contributed by atoms with Crippen LogP contribution in [0.25, 0.3) is 0 Å². The van der Waals surface area contributed by atoms with E-state index in [2.05, 4.69) is 0 Å². The molecule has 0 bridgehead atoms. The van der Waals surface area contributed by atoms with E-state index in [9.17, 15) is 0 Å². The van der Waals surface area contributed by atoms with Gasteiger partial charge in [0.15, 0.2) is 0 Å². The molecule has 0 aromatic heterocycles. The molecule has 6 N–H and O–H groups in total. The lowest BCUT2D eigenvalue weighted by Crippen LogP contribution is -2.13. The normalized spacial score (nSPS) is 22.9. The molecule has 0 radical (unpaired) electrons. The first-order valence-electron chi connectivity index (χ1n) is 13.7. The predicted octanol–water partition coefficient (Wildman–Crippen LogP) is 11.1. The highest BCUT2D eigenvalue weighted by Gasteiger charge is 2.47. The van der Waals surface area contributed by atoms with E-state index in [0.717, 1.165) is 0 Å². The number of nitrogens with two attached hydrogens (primary N) is 3. The van der Waals surface area contributed by atoms with Crippen LogP contribution in [-0.4, -0.2) is 18.3 Å². The molecule has 246 valence electrons. The van der Waals surface area contributed by atoms with Crippen LogP contribution in [-0.2, 0) is 13.6 Å². The van der Waals surface area contributed by atoms with Crippen molar-refractivity contribution in [2.75, 3.05) is 17.2 Å². The maximum Gasteiger partial charge on any atom is 0.404 e. The number of benzene rings is 3. The van der Waals surface area contributed by atoms with Crippen molar-refractivity contribution in [3.8, 4) is 17.2 Å². The van der Waals surface area contributed by atoms with Crippen LogP contribution >= 0.6 is 57.8 Å². The number of nitrogens with zero attached hydrogens (tertiary/aromatic N) is 3. The molecule has 0 fully saturated rings. The second-order valence-corrected chi connectivity index (χ2v) is 18.0. The quantitative estimate of drug-likeness (QED) is 0.121. The van der Waals surface area contributed by atoms with Gasteiger partial charge in [0.1, 0.15) is 17.2 Å². The number of rotatable bonds is 12. The molecule has 0 atom stereocenters. The van der Waals surface area contributed by atoms with Crippen LogP contribution in [0.1, 0.15) is 41.5 Å². The summed E-state index contributed by atoms with van der Waals surface area (Å²) in [6.45, 7) is 10.8. The minimum atomic E-state index is -3.89. The molecular formula is C27H36Cl3N6O6P3. The van der Waals surface area contributed by atoms with Crippen LogP contribution < -0.4 is 30.8 Å². The van der Waals surface area contributed by atoms with Crippen LogP contribution in [0, 0.1) is 0 Å². The van der Waals surface area contributed by atoms with Gasteiger partial charge in [0, 0.05) is 17.1 Å². The third kappa shape index (κ3) is 9.25. The molecule has 1 aliphatic heterocycles. The van der Waals surface area contributed by atoms with Gasteiger partial charge < -0.3 is 30.8 Å². The Labute approximate surface area is 278 Å². The Morgan fingerprint density at radius 2 is 0.733 bits per heavy atom. The summed E-state index contributed by atoms with van der Waals surface area (Å²) in [5.74, 6) is 0.571. The van der Waals surface area contributed by atoms with E-state index in [0.29, 0.717) is 17.1 Å². The first-order valence-corrected chi connectivity index (χ1v) is 19.5. The number of anilines is 3. The summed E-state index contributed by atoms with van der Waals surface area (Å²) in [6.07, 6.45) is -1.42. The molecule has 3 aromatic rings. The zero-order valence-corrected chi connectivity index (χ0v) is 30.4. The first-order chi connectivity index (χ1) is 21.0. The van der Waals surface area contributed by atoms with E-state index in [1.54, 1.807) is 77.9 Å². The third-order valence-electron chi connectivity index (χ3n) is 5.24. The molecular weight excluding hydrogens is 704 g/mol. The lowest BCUT2D eigenvalue weighted by atomic mass is 10.3. The molecule has 1 heterocycles. The maximum absolute atomic E-state index is 6.57. The van der Waals surface area contributed by atoms with Crippen LogP contribution in [0.2, 0.25) is 15.1 Å². The Kier molecular flexibility index (Phi) is 11.4. The topological polar surface area (TPSA) is 171 Å². The van der Waals surface area contributed by atoms with Crippen molar-refractivity contribution < 1.29 is 27.1 Å². The van der Waals surface area contributed by atoms with E-state index >= 15 is 0 Å². The average Bonchev–Trinajstić information content (AvgIpc) is 2.87. The fourth-order valence-electron chi connectivity index (χ4n) is 3.76. The minimum absolute atomic E-state index is 0.190. The maximum atomic E-state index is 6.57. The Bertz CT molecular complexity index is 1530. The monoisotopic (exact) mass is 738 g/mol. The second-order valence-electron chi connectivity index (χ2n) is 10.5. The number of hydrogen-bond donors (Lipinski definition) is 3. The molecule has 0 saturated carbocycles. The molecule has 0 aliphatic carbocycles. The van der Waals surface area contributed by atoms with Crippen LogP contribution in [0.3, 0.4) is 0 Å². The van der Waals surface area contributed by atoms with Crippen molar-refractivity contribution in [2.24, 2.45) is 13.5 Å². The van der Waals surface area contributed by atoms with Crippen molar-refractivity contribution in [1.82, 2.24) is 0 Å². The standard InChI is InChI=1S/C27H36Cl3N6O6P3/c1-16(2)37-43(40-25-10-7-19(31)13-22(25)28)34-44(38-17(3)4,41-26-11-8-20(32)14-23(26)29)36-45(35-43,39-18(5)6)42-27-12-9-21(33)15-24(27)30/h7-18H,31-33H2,1-6H3. The second kappa shape index (κ2) is 14.3. The molecule has 45 heavy (non-hydrogen) atoms. The summed E-state index contributed by atoms with van der Waals surface area (Å²) in [5, 5.41) is 0.589. The van der Waals surface area contributed by atoms with E-state index in [1.807, 2.05) is 0 Å². The van der Waals surface area contributed by atoms with E-state index < -0.39 is 41.3 Å². The van der Waals surface area contributed by atoms with Gasteiger partial charge in [-0.25, -0.2) is 0 Å². The molecule has 1 aliphatic rings. The van der Waals surface area contributed by atoms with Crippen molar-refractivity contribution in [2.45, 2.75) is 59.9 Å². The SMILES string of the molecule is CC(C)OP1(Oc2ccc(N)cc2Cl)=NP(Oc2ccc(N)cc2Cl)(OC(C)C)=NP(Oc2ccc(N)cc2Cl)(OC(C)C)=N1. The van der Waals surface area contributed by atoms with Crippen LogP contribution in [0.5, 0.6) is 17.2 Å². The summed E-state index contributed by atoms with van der Waals surface area (Å²) in [6, 6.07) is 14.2. The zero-order chi connectivity index (χ0) is 33.2. The lowest BCUT2D eigenvalue weighted by molar-refractivity contribution is 0.219. The predicted molar refractivity (Wildman–Crippen MR) is 186 cm³/mol. The number of nitrogen functional groups attached to an aromatic ring is 3.